The lowest BCUT2D eigenvalue weighted by molar-refractivity contribution is 0.0977. The molecule has 0 bridgehead atoms. The van der Waals surface area contributed by atoms with E-state index in [2.05, 4.69) is 27.5 Å². The first-order valence-corrected chi connectivity index (χ1v) is 9.32. The predicted molar refractivity (Wildman–Crippen MR) is 111 cm³/mol. The molecule has 1 aliphatic heterocycles. The summed E-state index contributed by atoms with van der Waals surface area (Å²) in [4.78, 5) is 16.7. The van der Waals surface area contributed by atoms with Crippen molar-refractivity contribution in [2.75, 3.05) is 43.4 Å². The number of rotatable bonds is 3. The maximum absolute atomic E-state index is 13.0. The Bertz CT molecular complexity index is 838. The molecule has 2 aromatic carbocycles. The van der Waals surface area contributed by atoms with Gasteiger partial charge in [-0.1, -0.05) is 17.7 Å². The number of hydrogen-bond acceptors (Lipinski definition) is 4. The first-order valence-electron chi connectivity index (χ1n) is 8.54. The van der Waals surface area contributed by atoms with E-state index >= 15 is 0 Å². The molecule has 0 aliphatic carbocycles. The fraction of sp³-hybridized carbons (Fsp3) is 0.263. The monoisotopic (exact) mass is 406 g/mol. The number of likely N-dealkylation sites (N-methyl/N-ethyl adjacent to an activating group) is 1. The average Bonchev–Trinajstić information content (AvgIpc) is 2.63. The number of benzene rings is 2. The van der Waals surface area contributed by atoms with E-state index in [1.54, 1.807) is 0 Å². The SMILES string of the molecule is CN1CCN(c2c(Cl)cccc2NC(=S)NC(=O)c2ccc(F)cc2)CC1. The van der Waals surface area contributed by atoms with Crippen LogP contribution in [0.5, 0.6) is 0 Å². The number of nitrogens with one attached hydrogen (secondary N) is 2. The lowest BCUT2D eigenvalue weighted by Crippen LogP contribution is -2.45. The van der Waals surface area contributed by atoms with Gasteiger partial charge in [-0.3, -0.25) is 10.1 Å². The number of nitrogens with zero attached hydrogens (tertiary/aromatic N) is 2. The predicted octanol–water partition coefficient (Wildman–Crippen LogP) is 3.36. The fourth-order valence-electron chi connectivity index (χ4n) is 2.90. The van der Waals surface area contributed by atoms with Gasteiger partial charge in [0, 0.05) is 31.7 Å². The zero-order valence-electron chi connectivity index (χ0n) is 14.8. The number of amides is 1. The lowest BCUT2D eigenvalue weighted by Gasteiger charge is -2.35. The molecule has 0 saturated carbocycles. The average molecular weight is 407 g/mol. The number of carbonyl (C=O) groups excluding carboxylic acids is 1. The highest BCUT2D eigenvalue weighted by molar-refractivity contribution is 7.80. The molecule has 142 valence electrons. The third kappa shape index (κ3) is 4.94. The minimum Gasteiger partial charge on any atom is -0.366 e. The largest absolute Gasteiger partial charge is 0.366 e. The molecule has 2 aromatic rings. The quantitative estimate of drug-likeness (QED) is 0.765. The second kappa shape index (κ2) is 8.65. The fourth-order valence-corrected chi connectivity index (χ4v) is 3.39. The summed E-state index contributed by atoms with van der Waals surface area (Å²) in [5.74, 6) is -0.807. The molecule has 8 heteroatoms. The molecule has 0 radical (unpaired) electrons. The highest BCUT2D eigenvalue weighted by atomic mass is 35.5. The van der Waals surface area contributed by atoms with Crippen LogP contribution in [0.15, 0.2) is 42.5 Å². The molecule has 27 heavy (non-hydrogen) atoms. The van der Waals surface area contributed by atoms with E-state index in [-0.39, 0.29) is 5.11 Å². The molecular formula is C19H20ClFN4OS. The first-order chi connectivity index (χ1) is 12.9. The summed E-state index contributed by atoms with van der Waals surface area (Å²) in [5, 5.41) is 6.44. The van der Waals surface area contributed by atoms with E-state index in [9.17, 15) is 9.18 Å². The molecule has 1 amide bonds. The Morgan fingerprint density at radius 2 is 1.78 bits per heavy atom. The molecular weight excluding hydrogens is 387 g/mol. The Hall–Kier alpha value is -2.22. The van der Waals surface area contributed by atoms with Crippen LogP contribution in [-0.4, -0.2) is 49.1 Å². The van der Waals surface area contributed by atoms with Gasteiger partial charge in [0.15, 0.2) is 5.11 Å². The van der Waals surface area contributed by atoms with Gasteiger partial charge >= 0.3 is 0 Å². The molecule has 1 saturated heterocycles. The lowest BCUT2D eigenvalue weighted by atomic mass is 10.2. The number of para-hydroxylation sites is 1. The van der Waals surface area contributed by atoms with Crippen LogP contribution in [0, 0.1) is 5.82 Å². The maximum Gasteiger partial charge on any atom is 0.257 e. The Morgan fingerprint density at radius 1 is 1.11 bits per heavy atom. The number of halogens is 2. The van der Waals surface area contributed by atoms with Crippen LogP contribution < -0.4 is 15.5 Å². The molecule has 0 unspecified atom stereocenters. The van der Waals surface area contributed by atoms with Crippen LogP contribution in [0.4, 0.5) is 15.8 Å². The molecule has 3 rings (SSSR count). The van der Waals surface area contributed by atoms with Crippen molar-refractivity contribution in [2.45, 2.75) is 0 Å². The van der Waals surface area contributed by atoms with Gasteiger partial charge in [-0.25, -0.2) is 4.39 Å². The standard InChI is InChI=1S/C19H20ClFN4OS/c1-24-9-11-25(12-10-24)17-15(20)3-2-4-16(17)22-19(27)23-18(26)13-5-7-14(21)8-6-13/h2-8H,9-12H2,1H3,(H2,22,23,26,27). The van der Waals surface area contributed by atoms with Crippen LogP contribution >= 0.6 is 23.8 Å². The summed E-state index contributed by atoms with van der Waals surface area (Å²) in [6, 6.07) is 10.8. The van der Waals surface area contributed by atoms with Crippen molar-refractivity contribution in [2.24, 2.45) is 0 Å². The third-order valence-corrected chi connectivity index (χ3v) is 4.90. The van der Waals surface area contributed by atoms with Crippen molar-refractivity contribution in [3.05, 3.63) is 58.9 Å². The Labute approximate surface area is 168 Å². The number of anilines is 2. The van der Waals surface area contributed by atoms with E-state index in [1.165, 1.54) is 24.3 Å². The van der Waals surface area contributed by atoms with Crippen LogP contribution in [-0.2, 0) is 0 Å². The van der Waals surface area contributed by atoms with Crippen LogP contribution in [0.1, 0.15) is 10.4 Å². The normalized spacial score (nSPS) is 14.7. The molecule has 0 aromatic heterocycles. The van der Waals surface area contributed by atoms with Gasteiger partial charge in [-0.15, -0.1) is 0 Å². The Morgan fingerprint density at radius 3 is 2.44 bits per heavy atom. The number of thiocarbonyl (C=S) groups is 1. The summed E-state index contributed by atoms with van der Waals surface area (Å²) in [7, 11) is 2.09. The van der Waals surface area contributed by atoms with Gasteiger partial charge in [0.25, 0.3) is 5.91 Å². The van der Waals surface area contributed by atoms with Gasteiger partial charge in [0.1, 0.15) is 5.82 Å². The smallest absolute Gasteiger partial charge is 0.257 e. The summed E-state index contributed by atoms with van der Waals surface area (Å²) in [5.41, 5.74) is 1.92. The minimum absolute atomic E-state index is 0.155. The van der Waals surface area contributed by atoms with Crippen molar-refractivity contribution in [1.82, 2.24) is 10.2 Å². The van der Waals surface area contributed by atoms with Crippen LogP contribution in [0.2, 0.25) is 5.02 Å². The molecule has 0 atom stereocenters. The van der Waals surface area contributed by atoms with Crippen LogP contribution in [0.3, 0.4) is 0 Å². The van der Waals surface area contributed by atoms with E-state index in [1.807, 2.05) is 18.2 Å². The van der Waals surface area contributed by atoms with E-state index in [0.29, 0.717) is 10.6 Å². The molecule has 0 spiro atoms. The second-order valence-electron chi connectivity index (χ2n) is 6.34. The van der Waals surface area contributed by atoms with Gasteiger partial charge < -0.3 is 15.1 Å². The molecule has 5 nitrogen and oxygen atoms in total. The summed E-state index contributed by atoms with van der Waals surface area (Å²) >= 11 is 11.7. The molecule has 1 aliphatic rings. The highest BCUT2D eigenvalue weighted by Crippen LogP contribution is 2.34. The molecule has 2 N–H and O–H groups in total. The zero-order valence-corrected chi connectivity index (χ0v) is 16.4. The van der Waals surface area contributed by atoms with Gasteiger partial charge in [-0.05, 0) is 55.7 Å². The van der Waals surface area contributed by atoms with Crippen molar-refractivity contribution in [1.29, 1.82) is 0 Å². The van der Waals surface area contributed by atoms with E-state index in [0.717, 1.165) is 37.6 Å². The van der Waals surface area contributed by atoms with Crippen molar-refractivity contribution >= 4 is 46.2 Å². The topological polar surface area (TPSA) is 47.6 Å². The summed E-state index contributed by atoms with van der Waals surface area (Å²) < 4.78 is 13.0. The summed E-state index contributed by atoms with van der Waals surface area (Å²) in [6.07, 6.45) is 0. The second-order valence-corrected chi connectivity index (χ2v) is 7.16. The van der Waals surface area contributed by atoms with Gasteiger partial charge in [-0.2, -0.15) is 0 Å². The zero-order chi connectivity index (χ0) is 19.4. The van der Waals surface area contributed by atoms with Crippen molar-refractivity contribution < 1.29 is 9.18 Å². The van der Waals surface area contributed by atoms with E-state index in [4.69, 9.17) is 23.8 Å². The first kappa shape index (κ1) is 19.5. The number of hydrogen-bond donors (Lipinski definition) is 2. The van der Waals surface area contributed by atoms with Gasteiger partial charge in [0.05, 0.1) is 16.4 Å². The highest BCUT2D eigenvalue weighted by Gasteiger charge is 2.20. The van der Waals surface area contributed by atoms with Gasteiger partial charge in [0.2, 0.25) is 0 Å². The third-order valence-electron chi connectivity index (χ3n) is 4.39. The number of piperazine rings is 1. The van der Waals surface area contributed by atoms with Crippen LogP contribution in [0.25, 0.3) is 0 Å². The maximum atomic E-state index is 13.0. The molecule has 1 fully saturated rings. The Kier molecular flexibility index (Phi) is 6.26. The Balaban J connectivity index is 1.71. The number of carbonyl (C=O) groups is 1. The summed E-state index contributed by atoms with van der Waals surface area (Å²) in [6.45, 7) is 3.58. The van der Waals surface area contributed by atoms with Crippen molar-refractivity contribution in [3.8, 4) is 0 Å². The van der Waals surface area contributed by atoms with E-state index < -0.39 is 11.7 Å². The van der Waals surface area contributed by atoms with Crippen molar-refractivity contribution in [3.63, 3.8) is 0 Å². The molecule has 1 heterocycles. The minimum atomic E-state index is -0.407.